The number of nitrogens with zero attached hydrogens (tertiary/aromatic N) is 3. The molecule has 0 aliphatic heterocycles. The molecule has 6 heteroatoms. The third-order valence-electron chi connectivity index (χ3n) is 4.16. The Morgan fingerprint density at radius 3 is 2.95 bits per heavy atom. The van der Waals surface area contributed by atoms with Crippen molar-refractivity contribution < 1.29 is 4.74 Å². The van der Waals surface area contributed by atoms with Crippen LogP contribution in [0.25, 0.3) is 5.65 Å². The van der Waals surface area contributed by atoms with E-state index in [-0.39, 0.29) is 0 Å². The first-order valence-corrected chi connectivity index (χ1v) is 7.57. The van der Waals surface area contributed by atoms with Crippen LogP contribution in [0.1, 0.15) is 26.2 Å². The molecule has 0 spiro atoms. The zero-order valence-electron chi connectivity index (χ0n) is 12.7. The van der Waals surface area contributed by atoms with Crippen molar-refractivity contribution in [1.29, 1.82) is 0 Å². The fourth-order valence-electron chi connectivity index (χ4n) is 2.60. The molecule has 0 saturated heterocycles. The highest BCUT2D eigenvalue weighted by atomic mass is 16.5. The van der Waals surface area contributed by atoms with Crippen LogP contribution in [0.5, 0.6) is 0 Å². The summed E-state index contributed by atoms with van der Waals surface area (Å²) < 4.78 is 7.21. The molecule has 2 heterocycles. The fourth-order valence-corrected chi connectivity index (χ4v) is 2.60. The van der Waals surface area contributed by atoms with E-state index in [1.165, 1.54) is 12.8 Å². The number of aromatic nitrogens is 3. The Hall–Kier alpha value is -1.82. The molecule has 0 aromatic carbocycles. The molecule has 0 unspecified atom stereocenters. The standard InChI is InChI=1S/C15H23N5O/c1-3-16-12-10-20-8-7-17-14(20)13(19-12)18-11-15(4-5-15)6-9-21-2/h7-8,10,16H,3-6,9,11H2,1-2H3,(H,18,19). The summed E-state index contributed by atoms with van der Waals surface area (Å²) in [6.07, 6.45) is 9.35. The van der Waals surface area contributed by atoms with Crippen molar-refractivity contribution in [2.75, 3.05) is 37.4 Å². The molecule has 1 saturated carbocycles. The molecule has 0 bridgehead atoms. The Balaban J connectivity index is 1.75. The van der Waals surface area contributed by atoms with Gasteiger partial charge in [-0.2, -0.15) is 0 Å². The maximum Gasteiger partial charge on any atom is 0.180 e. The van der Waals surface area contributed by atoms with E-state index in [4.69, 9.17) is 4.74 Å². The van der Waals surface area contributed by atoms with Gasteiger partial charge in [0.25, 0.3) is 0 Å². The van der Waals surface area contributed by atoms with E-state index < -0.39 is 0 Å². The predicted octanol–water partition coefficient (Wildman–Crippen LogP) is 2.39. The third-order valence-corrected chi connectivity index (χ3v) is 4.16. The highest BCUT2D eigenvalue weighted by Crippen LogP contribution is 2.48. The number of nitrogens with one attached hydrogen (secondary N) is 2. The van der Waals surface area contributed by atoms with Crippen LogP contribution in [0.4, 0.5) is 11.6 Å². The first kappa shape index (κ1) is 14.1. The van der Waals surface area contributed by atoms with Gasteiger partial charge in [0.05, 0.1) is 6.20 Å². The summed E-state index contributed by atoms with van der Waals surface area (Å²) in [5.41, 5.74) is 1.26. The number of ether oxygens (including phenoxy) is 1. The molecule has 21 heavy (non-hydrogen) atoms. The number of methoxy groups -OCH3 is 1. The predicted molar refractivity (Wildman–Crippen MR) is 83.8 cm³/mol. The Kier molecular flexibility index (Phi) is 3.96. The van der Waals surface area contributed by atoms with Crippen LogP contribution in [0, 0.1) is 5.41 Å². The second kappa shape index (κ2) is 5.89. The minimum atomic E-state index is 0.384. The molecule has 1 aliphatic rings. The van der Waals surface area contributed by atoms with E-state index in [1.54, 1.807) is 13.3 Å². The van der Waals surface area contributed by atoms with Crippen LogP contribution in [-0.4, -0.2) is 41.2 Å². The normalized spacial score (nSPS) is 16.1. The molecule has 3 rings (SSSR count). The molecule has 2 aromatic heterocycles. The topological polar surface area (TPSA) is 63.5 Å². The van der Waals surface area contributed by atoms with Crippen molar-refractivity contribution >= 4 is 17.3 Å². The van der Waals surface area contributed by atoms with Gasteiger partial charge in [0.15, 0.2) is 11.5 Å². The zero-order chi connectivity index (χ0) is 14.7. The number of fused-ring (bicyclic) bond motifs is 1. The van der Waals surface area contributed by atoms with Gasteiger partial charge in [0, 0.05) is 39.2 Å². The number of rotatable bonds is 8. The van der Waals surface area contributed by atoms with Gasteiger partial charge in [-0.15, -0.1) is 0 Å². The van der Waals surface area contributed by atoms with E-state index in [9.17, 15) is 0 Å². The Morgan fingerprint density at radius 2 is 2.24 bits per heavy atom. The summed E-state index contributed by atoms with van der Waals surface area (Å²) in [7, 11) is 1.76. The fraction of sp³-hybridized carbons (Fsp3) is 0.600. The summed E-state index contributed by atoms with van der Waals surface area (Å²) >= 11 is 0. The van der Waals surface area contributed by atoms with E-state index in [1.807, 2.05) is 16.8 Å². The number of anilines is 2. The average Bonchev–Trinajstić information content (AvgIpc) is 3.10. The number of hydrogen-bond acceptors (Lipinski definition) is 5. The van der Waals surface area contributed by atoms with Gasteiger partial charge in [-0.25, -0.2) is 9.97 Å². The summed E-state index contributed by atoms with van der Waals surface area (Å²) in [4.78, 5) is 9.03. The van der Waals surface area contributed by atoms with Crippen LogP contribution >= 0.6 is 0 Å². The lowest BCUT2D eigenvalue weighted by atomic mass is 10.0. The summed E-state index contributed by atoms with van der Waals surface area (Å²) in [5, 5.41) is 6.75. The largest absolute Gasteiger partial charge is 0.385 e. The van der Waals surface area contributed by atoms with Gasteiger partial charge in [-0.05, 0) is 31.6 Å². The van der Waals surface area contributed by atoms with Gasteiger partial charge in [0.2, 0.25) is 0 Å². The third kappa shape index (κ3) is 3.10. The second-order valence-electron chi connectivity index (χ2n) is 5.76. The first-order valence-electron chi connectivity index (χ1n) is 7.57. The lowest BCUT2D eigenvalue weighted by molar-refractivity contribution is 0.175. The van der Waals surface area contributed by atoms with Gasteiger partial charge in [-0.3, -0.25) is 0 Å². The first-order chi connectivity index (χ1) is 10.3. The molecule has 1 fully saturated rings. The van der Waals surface area contributed by atoms with Crippen molar-refractivity contribution in [1.82, 2.24) is 14.4 Å². The summed E-state index contributed by atoms with van der Waals surface area (Å²) in [6.45, 7) is 4.67. The van der Waals surface area contributed by atoms with E-state index >= 15 is 0 Å². The van der Waals surface area contributed by atoms with Gasteiger partial charge < -0.3 is 19.8 Å². The number of imidazole rings is 1. The molecule has 0 atom stereocenters. The highest BCUT2D eigenvalue weighted by molar-refractivity contribution is 5.65. The Bertz CT molecular complexity index is 605. The van der Waals surface area contributed by atoms with E-state index in [2.05, 4.69) is 27.5 Å². The lowest BCUT2D eigenvalue weighted by Gasteiger charge is -2.17. The molecule has 114 valence electrons. The minimum Gasteiger partial charge on any atom is -0.385 e. The number of hydrogen-bond donors (Lipinski definition) is 2. The molecule has 2 N–H and O–H groups in total. The van der Waals surface area contributed by atoms with Crippen LogP contribution < -0.4 is 10.6 Å². The van der Waals surface area contributed by atoms with Crippen LogP contribution in [0.2, 0.25) is 0 Å². The quantitative estimate of drug-likeness (QED) is 0.781. The maximum absolute atomic E-state index is 5.21. The SMILES string of the molecule is CCNc1cn2ccnc2c(NCC2(CCOC)CC2)n1. The smallest absolute Gasteiger partial charge is 0.180 e. The molecule has 0 amide bonds. The summed E-state index contributed by atoms with van der Waals surface area (Å²) in [5.74, 6) is 1.72. The van der Waals surface area contributed by atoms with Crippen LogP contribution in [-0.2, 0) is 4.74 Å². The zero-order valence-corrected chi connectivity index (χ0v) is 12.7. The van der Waals surface area contributed by atoms with E-state index in [0.29, 0.717) is 5.41 Å². The van der Waals surface area contributed by atoms with Gasteiger partial charge in [0.1, 0.15) is 5.82 Å². The van der Waals surface area contributed by atoms with E-state index in [0.717, 1.165) is 43.4 Å². The average molecular weight is 289 g/mol. The Morgan fingerprint density at radius 1 is 1.38 bits per heavy atom. The molecular formula is C15H23N5O. The van der Waals surface area contributed by atoms with Crippen molar-refractivity contribution in [3.63, 3.8) is 0 Å². The van der Waals surface area contributed by atoms with Crippen LogP contribution in [0.3, 0.4) is 0 Å². The second-order valence-corrected chi connectivity index (χ2v) is 5.76. The van der Waals surface area contributed by atoms with Gasteiger partial charge >= 0.3 is 0 Å². The maximum atomic E-state index is 5.21. The summed E-state index contributed by atoms with van der Waals surface area (Å²) in [6, 6.07) is 0. The Labute approximate surface area is 124 Å². The monoisotopic (exact) mass is 289 g/mol. The van der Waals surface area contributed by atoms with Gasteiger partial charge in [-0.1, -0.05) is 0 Å². The van der Waals surface area contributed by atoms with Crippen molar-refractivity contribution in [2.24, 2.45) is 5.41 Å². The van der Waals surface area contributed by atoms with Crippen molar-refractivity contribution in [2.45, 2.75) is 26.2 Å². The molecule has 0 radical (unpaired) electrons. The van der Waals surface area contributed by atoms with Crippen molar-refractivity contribution in [3.05, 3.63) is 18.6 Å². The minimum absolute atomic E-state index is 0.384. The van der Waals surface area contributed by atoms with Crippen LogP contribution in [0.15, 0.2) is 18.6 Å². The van der Waals surface area contributed by atoms with Crippen molar-refractivity contribution in [3.8, 4) is 0 Å². The molecule has 6 nitrogen and oxygen atoms in total. The molecule has 1 aliphatic carbocycles. The highest BCUT2D eigenvalue weighted by Gasteiger charge is 2.41. The molecule has 2 aromatic rings. The molecular weight excluding hydrogens is 266 g/mol. The lowest BCUT2D eigenvalue weighted by Crippen LogP contribution is -2.18.